The second kappa shape index (κ2) is 7.96. The number of fused-ring (bicyclic) bond motifs is 1. The first kappa shape index (κ1) is 19.6. The molecule has 4 aromatic rings. The molecule has 1 N–H and O–H groups in total. The van der Waals surface area contributed by atoms with E-state index in [9.17, 15) is 13.2 Å². The number of nitrogens with zero attached hydrogens (tertiary/aromatic N) is 2. The van der Waals surface area contributed by atoms with Gasteiger partial charge in [0.2, 0.25) is 5.89 Å². The Hall–Kier alpha value is -3.72. The van der Waals surface area contributed by atoms with Gasteiger partial charge in [0.05, 0.1) is 4.90 Å². The number of aromatic nitrogens is 2. The number of rotatable bonds is 6. The quantitative estimate of drug-likeness (QED) is 0.506. The van der Waals surface area contributed by atoms with E-state index in [1.54, 1.807) is 18.2 Å². The van der Waals surface area contributed by atoms with Gasteiger partial charge in [0, 0.05) is 11.8 Å². The Morgan fingerprint density at radius 2 is 1.73 bits per heavy atom. The van der Waals surface area contributed by atoms with Crippen molar-refractivity contribution in [2.24, 2.45) is 0 Å². The molecule has 0 spiro atoms. The third-order valence-electron chi connectivity index (χ3n) is 4.29. The molecule has 3 aromatic carbocycles. The average Bonchev–Trinajstić information content (AvgIpc) is 3.20. The summed E-state index contributed by atoms with van der Waals surface area (Å²) in [6.07, 6.45) is 1.13. The van der Waals surface area contributed by atoms with Gasteiger partial charge in [-0.05, 0) is 47.2 Å². The summed E-state index contributed by atoms with van der Waals surface area (Å²) in [6.45, 7) is -0.223. The summed E-state index contributed by atoms with van der Waals surface area (Å²) in [5.74, 6) is 0.271. The van der Waals surface area contributed by atoms with Crippen molar-refractivity contribution < 1.29 is 22.4 Å². The minimum atomic E-state index is -3.29. The maximum Gasteiger partial charge on any atom is 0.322 e. The summed E-state index contributed by atoms with van der Waals surface area (Å²) >= 11 is 0. The Morgan fingerprint density at radius 3 is 2.47 bits per heavy atom. The molecule has 9 heteroatoms. The molecule has 0 unspecified atom stereocenters. The lowest BCUT2D eigenvalue weighted by atomic mass is 10.1. The van der Waals surface area contributed by atoms with E-state index in [4.69, 9.17) is 9.15 Å². The molecule has 0 saturated carbocycles. The molecule has 0 fully saturated rings. The second-order valence-corrected chi connectivity index (χ2v) is 8.57. The molecule has 152 valence electrons. The van der Waals surface area contributed by atoms with E-state index < -0.39 is 15.7 Å². The molecule has 8 nitrogen and oxygen atoms in total. The molecule has 1 heterocycles. The Bertz CT molecular complexity index is 1310. The fourth-order valence-corrected chi connectivity index (χ4v) is 3.43. The number of nitrogens with one attached hydrogen (secondary N) is 1. The minimum absolute atomic E-state index is 0.0794. The van der Waals surface area contributed by atoms with E-state index in [0.717, 1.165) is 17.0 Å². The van der Waals surface area contributed by atoms with E-state index in [2.05, 4.69) is 15.5 Å². The van der Waals surface area contributed by atoms with Crippen LogP contribution in [0.15, 0.2) is 76.0 Å². The van der Waals surface area contributed by atoms with Crippen LogP contribution in [0.5, 0.6) is 5.75 Å². The SMILES string of the molecule is CS(=O)(=O)c1ccc(-c2nnc(NC(=O)COc3ccc4ccccc4c3)o2)cc1. The third-order valence-corrected chi connectivity index (χ3v) is 5.42. The number of carbonyl (C=O) groups excluding carboxylic acids is 1. The molecule has 0 aliphatic carbocycles. The molecule has 30 heavy (non-hydrogen) atoms. The number of ether oxygens (including phenoxy) is 1. The van der Waals surface area contributed by atoms with Crippen molar-refractivity contribution >= 4 is 32.5 Å². The van der Waals surface area contributed by atoms with E-state index >= 15 is 0 Å². The summed E-state index contributed by atoms with van der Waals surface area (Å²) in [7, 11) is -3.29. The molecular weight excluding hydrogens is 406 g/mol. The predicted octanol–water partition coefficient (Wildman–Crippen LogP) is 3.31. The number of amides is 1. The first-order valence-corrected chi connectivity index (χ1v) is 10.8. The highest BCUT2D eigenvalue weighted by atomic mass is 32.2. The number of carbonyl (C=O) groups is 1. The van der Waals surface area contributed by atoms with Gasteiger partial charge in [0.25, 0.3) is 5.91 Å². The summed E-state index contributed by atoms with van der Waals surface area (Å²) in [5.41, 5.74) is 0.530. The van der Waals surface area contributed by atoms with Gasteiger partial charge in [-0.25, -0.2) is 8.42 Å². The van der Waals surface area contributed by atoms with Crippen molar-refractivity contribution in [2.45, 2.75) is 4.90 Å². The molecule has 0 aliphatic heterocycles. The van der Waals surface area contributed by atoms with Gasteiger partial charge in [-0.15, -0.1) is 5.10 Å². The highest BCUT2D eigenvalue weighted by Crippen LogP contribution is 2.22. The summed E-state index contributed by atoms with van der Waals surface area (Å²) in [4.78, 5) is 12.3. The average molecular weight is 423 g/mol. The number of benzene rings is 3. The zero-order valence-electron chi connectivity index (χ0n) is 15.9. The van der Waals surface area contributed by atoms with E-state index in [1.807, 2.05) is 36.4 Å². The lowest BCUT2D eigenvalue weighted by Crippen LogP contribution is -2.20. The Labute approximate surface area is 172 Å². The molecule has 1 amide bonds. The summed E-state index contributed by atoms with van der Waals surface area (Å²) < 4.78 is 34.0. The summed E-state index contributed by atoms with van der Waals surface area (Å²) in [6, 6.07) is 19.3. The molecule has 1 aromatic heterocycles. The highest BCUT2D eigenvalue weighted by molar-refractivity contribution is 7.90. The van der Waals surface area contributed by atoms with Crippen LogP contribution in [0.25, 0.3) is 22.2 Å². The Balaban J connectivity index is 1.37. The van der Waals surface area contributed by atoms with Crippen molar-refractivity contribution in [3.8, 4) is 17.2 Å². The van der Waals surface area contributed by atoms with E-state index in [-0.39, 0.29) is 23.4 Å². The smallest absolute Gasteiger partial charge is 0.322 e. The van der Waals surface area contributed by atoms with Crippen LogP contribution in [0, 0.1) is 0 Å². The molecular formula is C21H17N3O5S. The van der Waals surface area contributed by atoms with Gasteiger partial charge >= 0.3 is 6.01 Å². The predicted molar refractivity (Wildman–Crippen MR) is 111 cm³/mol. The monoisotopic (exact) mass is 423 g/mol. The summed E-state index contributed by atoms with van der Waals surface area (Å²) in [5, 5.41) is 12.2. The fraction of sp³-hybridized carbons (Fsp3) is 0.0952. The van der Waals surface area contributed by atoms with Gasteiger partial charge in [-0.3, -0.25) is 10.1 Å². The maximum atomic E-state index is 12.1. The molecule has 0 atom stereocenters. The van der Waals surface area contributed by atoms with Crippen LogP contribution in [0.4, 0.5) is 6.01 Å². The number of sulfone groups is 1. The van der Waals surface area contributed by atoms with Crippen molar-refractivity contribution in [3.05, 3.63) is 66.7 Å². The zero-order valence-corrected chi connectivity index (χ0v) is 16.7. The highest BCUT2D eigenvalue weighted by Gasteiger charge is 2.13. The van der Waals surface area contributed by atoms with E-state index in [1.165, 1.54) is 12.1 Å². The lowest BCUT2D eigenvalue weighted by Gasteiger charge is -2.06. The molecule has 0 bridgehead atoms. The van der Waals surface area contributed by atoms with E-state index in [0.29, 0.717) is 11.3 Å². The third kappa shape index (κ3) is 4.47. The van der Waals surface area contributed by atoms with Crippen LogP contribution in [-0.4, -0.2) is 37.4 Å². The topological polar surface area (TPSA) is 111 Å². The zero-order chi connectivity index (χ0) is 21.1. The van der Waals surface area contributed by atoms with Crippen molar-refractivity contribution in [2.75, 3.05) is 18.2 Å². The fourth-order valence-electron chi connectivity index (χ4n) is 2.80. The largest absolute Gasteiger partial charge is 0.484 e. The molecule has 0 aliphatic rings. The number of hydrogen-bond acceptors (Lipinski definition) is 7. The van der Waals surface area contributed by atoms with Gasteiger partial charge in [-0.1, -0.05) is 35.4 Å². The van der Waals surface area contributed by atoms with Crippen LogP contribution in [0.1, 0.15) is 0 Å². The van der Waals surface area contributed by atoms with Gasteiger partial charge in [-0.2, -0.15) is 0 Å². The first-order valence-electron chi connectivity index (χ1n) is 8.94. The lowest BCUT2D eigenvalue weighted by molar-refractivity contribution is -0.118. The van der Waals surface area contributed by atoms with Crippen LogP contribution in [0.2, 0.25) is 0 Å². The molecule has 4 rings (SSSR count). The minimum Gasteiger partial charge on any atom is -0.484 e. The first-order chi connectivity index (χ1) is 14.4. The molecule has 0 radical (unpaired) electrons. The van der Waals surface area contributed by atoms with Gasteiger partial charge in [0.15, 0.2) is 16.4 Å². The van der Waals surface area contributed by atoms with Crippen molar-refractivity contribution in [1.82, 2.24) is 10.2 Å². The normalized spacial score (nSPS) is 11.4. The second-order valence-electron chi connectivity index (χ2n) is 6.55. The standard InChI is InChI=1S/C21H17N3O5S/c1-30(26,27)18-10-7-15(8-11-18)20-23-24-21(29-20)22-19(25)13-28-17-9-6-14-4-2-3-5-16(14)12-17/h2-12H,13H2,1H3,(H,22,24,25). The van der Waals surface area contributed by atoms with Crippen LogP contribution >= 0.6 is 0 Å². The van der Waals surface area contributed by atoms with Crippen molar-refractivity contribution in [1.29, 1.82) is 0 Å². The van der Waals surface area contributed by atoms with Gasteiger partial charge in [0.1, 0.15) is 5.75 Å². The van der Waals surface area contributed by atoms with Crippen LogP contribution in [-0.2, 0) is 14.6 Å². The van der Waals surface area contributed by atoms with Crippen molar-refractivity contribution in [3.63, 3.8) is 0 Å². The van der Waals surface area contributed by atoms with Gasteiger partial charge < -0.3 is 9.15 Å². The number of anilines is 1. The van der Waals surface area contributed by atoms with Crippen LogP contribution in [0.3, 0.4) is 0 Å². The Morgan fingerprint density at radius 1 is 1.00 bits per heavy atom. The van der Waals surface area contributed by atoms with Crippen LogP contribution < -0.4 is 10.1 Å². The molecule has 0 saturated heterocycles. The number of hydrogen-bond donors (Lipinski definition) is 1. The Kier molecular flexibility index (Phi) is 5.20. The maximum absolute atomic E-state index is 12.1.